The Bertz CT molecular complexity index is 2970. The molecule has 238 valence electrons. The molecule has 1 aliphatic rings. The van der Waals surface area contributed by atoms with Crippen LogP contribution >= 0.6 is 0 Å². The largest absolute Gasteiger partial charge is 0.456 e. The van der Waals surface area contributed by atoms with Crippen LogP contribution in [-0.4, -0.2) is 14.5 Å². The molecule has 11 rings (SSSR count). The maximum absolute atomic E-state index is 6.30. The van der Waals surface area contributed by atoms with Gasteiger partial charge in [-0.1, -0.05) is 133 Å². The molecule has 0 radical (unpaired) electrons. The van der Waals surface area contributed by atoms with Crippen LogP contribution in [0.15, 0.2) is 174 Å². The third-order valence-corrected chi connectivity index (χ3v) is 10.5. The summed E-state index contributed by atoms with van der Waals surface area (Å²) in [6.07, 6.45) is 0. The minimum Gasteiger partial charge on any atom is -0.456 e. The van der Waals surface area contributed by atoms with Crippen molar-refractivity contribution in [1.82, 2.24) is 14.5 Å². The number of hydrogen-bond acceptors (Lipinski definition) is 3. The van der Waals surface area contributed by atoms with Gasteiger partial charge in [-0.15, -0.1) is 0 Å². The number of furan rings is 1. The lowest BCUT2D eigenvalue weighted by Gasteiger charge is -2.16. The van der Waals surface area contributed by atoms with Crippen molar-refractivity contribution in [2.24, 2.45) is 0 Å². The molecule has 4 heteroatoms. The summed E-state index contributed by atoms with van der Waals surface area (Å²) in [5, 5.41) is 4.66. The van der Waals surface area contributed by atoms with E-state index in [1.807, 2.05) is 24.3 Å². The van der Waals surface area contributed by atoms with Crippen LogP contribution in [0.1, 0.15) is 22.6 Å². The Balaban J connectivity index is 1.19. The Labute approximate surface area is 293 Å². The van der Waals surface area contributed by atoms with Crippen molar-refractivity contribution in [3.63, 3.8) is 0 Å². The first-order valence-corrected chi connectivity index (χ1v) is 17.4. The van der Waals surface area contributed by atoms with E-state index in [1.54, 1.807) is 0 Å². The van der Waals surface area contributed by atoms with E-state index in [9.17, 15) is 0 Å². The predicted molar refractivity (Wildman–Crippen MR) is 207 cm³/mol. The highest BCUT2D eigenvalue weighted by atomic mass is 16.3. The van der Waals surface area contributed by atoms with Crippen molar-refractivity contribution >= 4 is 43.7 Å². The lowest BCUT2D eigenvalue weighted by Crippen LogP contribution is -2.03. The van der Waals surface area contributed by atoms with Gasteiger partial charge in [-0.05, 0) is 58.1 Å². The molecule has 1 aliphatic carbocycles. The molecule has 0 aliphatic heterocycles. The third-order valence-electron chi connectivity index (χ3n) is 10.5. The normalized spacial score (nSPS) is 13.7. The van der Waals surface area contributed by atoms with Gasteiger partial charge in [0.25, 0.3) is 0 Å². The van der Waals surface area contributed by atoms with E-state index in [-0.39, 0.29) is 5.92 Å². The highest BCUT2D eigenvalue weighted by molar-refractivity contribution is 6.14. The monoisotopic (exact) mass is 651 g/mol. The highest BCUT2D eigenvalue weighted by Crippen LogP contribution is 2.52. The zero-order valence-electron chi connectivity index (χ0n) is 27.5. The first-order valence-electron chi connectivity index (χ1n) is 17.4. The molecular weight excluding hydrogens is 623 g/mol. The molecule has 0 saturated carbocycles. The number of para-hydroxylation sites is 2. The zero-order chi connectivity index (χ0) is 33.5. The molecule has 3 heterocycles. The Morgan fingerprint density at radius 3 is 2.10 bits per heavy atom. The van der Waals surface area contributed by atoms with Crippen molar-refractivity contribution in [1.29, 1.82) is 0 Å². The first kappa shape index (κ1) is 28.1. The van der Waals surface area contributed by atoms with E-state index < -0.39 is 0 Å². The first-order chi connectivity index (χ1) is 25.3. The molecule has 0 bridgehead atoms. The second-order valence-corrected chi connectivity index (χ2v) is 13.3. The highest BCUT2D eigenvalue weighted by Gasteiger charge is 2.33. The van der Waals surface area contributed by atoms with Crippen LogP contribution in [-0.2, 0) is 0 Å². The minimum absolute atomic E-state index is 0.122. The van der Waals surface area contributed by atoms with Gasteiger partial charge in [0.05, 0.1) is 16.7 Å². The van der Waals surface area contributed by atoms with Gasteiger partial charge >= 0.3 is 0 Å². The van der Waals surface area contributed by atoms with Gasteiger partial charge in [-0.2, -0.15) is 0 Å². The average molecular weight is 652 g/mol. The van der Waals surface area contributed by atoms with Crippen molar-refractivity contribution < 1.29 is 4.42 Å². The Hall–Kier alpha value is -6.78. The van der Waals surface area contributed by atoms with Crippen LogP contribution < -0.4 is 0 Å². The topological polar surface area (TPSA) is 43.9 Å². The minimum atomic E-state index is 0.122. The SMILES string of the molecule is c1ccc(-c2cc(-n3c4ccccc4c4c5c(ccc43)-c3ccccc3C5c3ccccc3)nc(-c3ccc4c(c3)oc3ccccc34)n2)cc1. The van der Waals surface area contributed by atoms with Crippen LogP contribution in [0.5, 0.6) is 0 Å². The van der Waals surface area contributed by atoms with Crippen molar-refractivity contribution in [3.05, 3.63) is 187 Å². The summed E-state index contributed by atoms with van der Waals surface area (Å²) < 4.78 is 8.63. The fourth-order valence-corrected chi connectivity index (χ4v) is 8.31. The van der Waals surface area contributed by atoms with Crippen LogP contribution in [0.4, 0.5) is 0 Å². The van der Waals surface area contributed by atoms with E-state index in [1.165, 1.54) is 38.6 Å². The average Bonchev–Trinajstić information content (AvgIpc) is 3.86. The summed E-state index contributed by atoms with van der Waals surface area (Å²) >= 11 is 0. The number of aromatic nitrogens is 3. The number of benzene rings is 7. The standard InChI is InChI=1S/C47H29N3O/c1-3-13-29(14-4-1)38-28-43(49-47(48-38)31-23-24-34-33-18-10-12-22-41(33)51-42(34)27-31)50-39-21-11-9-20-37(39)45-40(50)26-25-36-32-17-7-8-19-35(32)44(46(36)45)30-15-5-2-6-16-30/h1-28,44H. The quantitative estimate of drug-likeness (QED) is 0.190. The van der Waals surface area contributed by atoms with Gasteiger partial charge in [-0.3, -0.25) is 4.57 Å². The Morgan fingerprint density at radius 2 is 1.22 bits per heavy atom. The molecule has 0 amide bonds. The van der Waals surface area contributed by atoms with Crippen molar-refractivity contribution in [3.8, 4) is 39.6 Å². The van der Waals surface area contributed by atoms with Crippen molar-refractivity contribution in [2.75, 3.05) is 0 Å². The van der Waals surface area contributed by atoms with E-state index in [4.69, 9.17) is 14.4 Å². The molecule has 0 N–H and O–H groups in total. The molecule has 1 atom stereocenters. The maximum Gasteiger partial charge on any atom is 0.162 e. The summed E-state index contributed by atoms with van der Waals surface area (Å²) in [6, 6.07) is 60.1. The molecule has 0 saturated heterocycles. The van der Waals surface area contributed by atoms with Gasteiger partial charge < -0.3 is 4.42 Å². The summed E-state index contributed by atoms with van der Waals surface area (Å²) in [6.45, 7) is 0. The zero-order valence-corrected chi connectivity index (χ0v) is 27.5. The van der Waals surface area contributed by atoms with E-state index >= 15 is 0 Å². The molecule has 10 aromatic rings. The molecular formula is C47H29N3O. The maximum atomic E-state index is 6.30. The molecule has 3 aromatic heterocycles. The molecule has 7 aromatic carbocycles. The van der Waals surface area contributed by atoms with E-state index in [0.717, 1.165) is 55.6 Å². The van der Waals surface area contributed by atoms with Gasteiger partial charge in [0, 0.05) is 44.7 Å². The predicted octanol–water partition coefficient (Wildman–Crippen LogP) is 12.0. The second kappa shape index (κ2) is 10.9. The molecule has 51 heavy (non-hydrogen) atoms. The smallest absolute Gasteiger partial charge is 0.162 e. The van der Waals surface area contributed by atoms with Crippen LogP contribution in [0.3, 0.4) is 0 Å². The summed E-state index contributed by atoms with van der Waals surface area (Å²) in [5.74, 6) is 1.59. The van der Waals surface area contributed by atoms with Gasteiger partial charge in [0.1, 0.15) is 17.0 Å². The van der Waals surface area contributed by atoms with Crippen LogP contribution in [0, 0.1) is 0 Å². The Morgan fingerprint density at radius 1 is 0.490 bits per heavy atom. The lowest BCUT2D eigenvalue weighted by molar-refractivity contribution is 0.669. The van der Waals surface area contributed by atoms with Crippen LogP contribution in [0.25, 0.3) is 83.3 Å². The fourth-order valence-electron chi connectivity index (χ4n) is 8.31. The van der Waals surface area contributed by atoms with Crippen LogP contribution in [0.2, 0.25) is 0 Å². The molecule has 0 spiro atoms. The van der Waals surface area contributed by atoms with Gasteiger partial charge in [0.2, 0.25) is 0 Å². The fraction of sp³-hybridized carbons (Fsp3) is 0.0213. The number of rotatable bonds is 4. The lowest BCUT2D eigenvalue weighted by atomic mass is 9.87. The molecule has 1 unspecified atom stereocenters. The number of hydrogen-bond donors (Lipinski definition) is 0. The van der Waals surface area contributed by atoms with Crippen molar-refractivity contribution in [2.45, 2.75) is 5.92 Å². The molecule has 0 fully saturated rings. The van der Waals surface area contributed by atoms with Gasteiger partial charge in [0.15, 0.2) is 5.82 Å². The van der Waals surface area contributed by atoms with Gasteiger partial charge in [-0.25, -0.2) is 9.97 Å². The Kier molecular flexibility index (Phi) is 5.98. The summed E-state index contributed by atoms with van der Waals surface area (Å²) in [5.41, 5.74) is 13.3. The number of nitrogens with zero attached hydrogens (tertiary/aromatic N) is 3. The molecule has 4 nitrogen and oxygen atoms in total. The number of fused-ring (bicyclic) bond motifs is 10. The van der Waals surface area contributed by atoms with E-state index in [0.29, 0.717) is 5.82 Å². The second-order valence-electron chi connectivity index (χ2n) is 13.3. The summed E-state index contributed by atoms with van der Waals surface area (Å²) in [7, 11) is 0. The third kappa shape index (κ3) is 4.20. The summed E-state index contributed by atoms with van der Waals surface area (Å²) in [4.78, 5) is 10.5. The van der Waals surface area contributed by atoms with E-state index in [2.05, 4.69) is 150 Å².